The summed E-state index contributed by atoms with van der Waals surface area (Å²) in [4.78, 5) is 14.2. The van der Waals surface area contributed by atoms with E-state index in [-0.39, 0.29) is 6.42 Å². The molecule has 196 valence electrons. The molecule has 0 spiro atoms. The smallest absolute Gasteiger partial charge is 0.306 e. The second kappa shape index (κ2) is 11.1. The number of ether oxygens (including phenoxy) is 4. The number of morpholine rings is 1. The van der Waals surface area contributed by atoms with Crippen LogP contribution in [0.2, 0.25) is 5.02 Å². The van der Waals surface area contributed by atoms with E-state index >= 15 is 0 Å². The van der Waals surface area contributed by atoms with E-state index in [9.17, 15) is 9.90 Å². The number of halogens is 1. The van der Waals surface area contributed by atoms with Crippen molar-refractivity contribution < 1.29 is 28.8 Å². The van der Waals surface area contributed by atoms with Gasteiger partial charge in [0.25, 0.3) is 0 Å². The standard InChI is InChI=1S/C26H29ClN4O6/c1-34-20-6-4-3-5-17(25(20)35-2)24-18-13-16(27)7-8-19(18)31-22(15-30-9-11-36-12-10-30)28-29-26(31)21(37-24)14-23(32)33/h3,5-8,13,21,24H,4,9-12,14-15H2,1-2H3,(H,32,33). The van der Waals surface area contributed by atoms with Crippen molar-refractivity contribution in [3.05, 3.63) is 75.8 Å². The lowest BCUT2D eigenvalue weighted by atomic mass is 9.97. The first-order valence-corrected chi connectivity index (χ1v) is 12.5. The van der Waals surface area contributed by atoms with E-state index in [1.807, 2.05) is 34.9 Å². The average molecular weight is 529 g/mol. The van der Waals surface area contributed by atoms with Gasteiger partial charge in [0.2, 0.25) is 0 Å². The van der Waals surface area contributed by atoms with Crippen molar-refractivity contribution in [2.45, 2.75) is 31.6 Å². The highest BCUT2D eigenvalue weighted by Gasteiger charge is 2.37. The predicted octanol–water partition coefficient (Wildman–Crippen LogP) is 3.73. The molecule has 0 amide bonds. The van der Waals surface area contributed by atoms with Gasteiger partial charge in [0, 0.05) is 29.2 Å². The summed E-state index contributed by atoms with van der Waals surface area (Å²) in [5.41, 5.74) is 2.21. The Labute approximate surface area is 219 Å². The SMILES string of the molecule is COC1=CCC=CC(C2OC(CC(=O)O)c3nnc(CN4CCOCC4)n3-c3ccc(Cl)cc32)=C1OC. The molecule has 5 rings (SSSR count). The van der Waals surface area contributed by atoms with Crippen molar-refractivity contribution in [2.24, 2.45) is 0 Å². The van der Waals surface area contributed by atoms with Crippen LogP contribution >= 0.6 is 11.6 Å². The third-order valence-corrected chi connectivity index (χ3v) is 6.85. The Bertz CT molecular complexity index is 1260. The first kappa shape index (κ1) is 25.5. The highest BCUT2D eigenvalue weighted by atomic mass is 35.5. The van der Waals surface area contributed by atoms with Crippen LogP contribution in [0, 0.1) is 0 Å². The Balaban J connectivity index is 1.69. The van der Waals surface area contributed by atoms with Crippen LogP contribution in [0.4, 0.5) is 0 Å². The summed E-state index contributed by atoms with van der Waals surface area (Å²) in [7, 11) is 3.15. The summed E-state index contributed by atoms with van der Waals surface area (Å²) < 4.78 is 25.4. The molecule has 1 aliphatic carbocycles. The minimum absolute atomic E-state index is 0.291. The maximum absolute atomic E-state index is 11.9. The van der Waals surface area contributed by atoms with Gasteiger partial charge in [-0.1, -0.05) is 23.8 Å². The summed E-state index contributed by atoms with van der Waals surface area (Å²) >= 11 is 6.50. The van der Waals surface area contributed by atoms with Gasteiger partial charge < -0.3 is 24.1 Å². The van der Waals surface area contributed by atoms with Crippen LogP contribution in [0.25, 0.3) is 5.69 Å². The molecule has 2 aliphatic heterocycles. The lowest BCUT2D eigenvalue weighted by Gasteiger charge is -2.26. The Hall–Kier alpha value is -3.18. The van der Waals surface area contributed by atoms with Gasteiger partial charge >= 0.3 is 5.97 Å². The number of nitrogens with zero attached hydrogens (tertiary/aromatic N) is 4. The molecule has 1 aromatic carbocycles. The number of rotatable bonds is 7. The van der Waals surface area contributed by atoms with Gasteiger partial charge in [0.15, 0.2) is 23.2 Å². The van der Waals surface area contributed by atoms with E-state index in [4.69, 9.17) is 30.5 Å². The van der Waals surface area contributed by atoms with Crippen molar-refractivity contribution in [3.8, 4) is 5.69 Å². The maximum Gasteiger partial charge on any atom is 0.306 e. The van der Waals surface area contributed by atoms with E-state index in [0.29, 0.717) is 59.9 Å². The van der Waals surface area contributed by atoms with E-state index in [2.05, 4.69) is 15.1 Å². The molecule has 1 aromatic heterocycles. The van der Waals surface area contributed by atoms with Crippen molar-refractivity contribution in [1.82, 2.24) is 19.7 Å². The van der Waals surface area contributed by atoms with Gasteiger partial charge in [0.1, 0.15) is 12.2 Å². The molecule has 2 aromatic rings. The molecular formula is C26H29ClN4O6. The lowest BCUT2D eigenvalue weighted by Crippen LogP contribution is -2.36. The third kappa shape index (κ3) is 5.15. The molecule has 11 heteroatoms. The molecule has 3 aliphatic rings. The molecule has 2 atom stereocenters. The van der Waals surface area contributed by atoms with Crippen molar-refractivity contribution >= 4 is 17.6 Å². The zero-order valence-corrected chi connectivity index (χ0v) is 21.5. The molecule has 0 saturated carbocycles. The zero-order valence-electron chi connectivity index (χ0n) is 20.7. The minimum Gasteiger partial charge on any atom is -0.493 e. The fraction of sp³-hybridized carbons (Fsp3) is 0.423. The predicted molar refractivity (Wildman–Crippen MR) is 134 cm³/mol. The summed E-state index contributed by atoms with van der Waals surface area (Å²) in [6.07, 6.45) is 4.59. The fourth-order valence-corrected chi connectivity index (χ4v) is 5.10. The number of allylic oxidation sites excluding steroid dienone is 2. The lowest BCUT2D eigenvalue weighted by molar-refractivity contribution is -0.141. The second-order valence-electron chi connectivity index (χ2n) is 8.90. The Morgan fingerprint density at radius 1 is 1.22 bits per heavy atom. The van der Waals surface area contributed by atoms with E-state index < -0.39 is 18.2 Å². The Kier molecular flexibility index (Phi) is 7.61. The van der Waals surface area contributed by atoms with Crippen molar-refractivity contribution in [2.75, 3.05) is 40.5 Å². The third-order valence-electron chi connectivity index (χ3n) is 6.61. The molecule has 3 heterocycles. The van der Waals surface area contributed by atoms with E-state index in [0.717, 1.165) is 24.3 Å². The number of hydrogen-bond donors (Lipinski definition) is 1. The number of carbonyl (C=O) groups is 1. The van der Waals surface area contributed by atoms with Gasteiger partial charge in [-0.15, -0.1) is 10.2 Å². The summed E-state index contributed by atoms with van der Waals surface area (Å²) in [5, 5.41) is 19.2. The van der Waals surface area contributed by atoms with Gasteiger partial charge in [0.05, 0.1) is 46.1 Å². The number of benzene rings is 1. The zero-order chi connectivity index (χ0) is 25.9. The second-order valence-corrected chi connectivity index (χ2v) is 9.34. The van der Waals surface area contributed by atoms with Gasteiger partial charge in [-0.25, -0.2) is 0 Å². The van der Waals surface area contributed by atoms with Gasteiger partial charge in [-0.3, -0.25) is 14.3 Å². The van der Waals surface area contributed by atoms with Crippen LogP contribution in [0.1, 0.15) is 42.3 Å². The first-order chi connectivity index (χ1) is 18.0. The van der Waals surface area contributed by atoms with Gasteiger partial charge in [-0.05, 0) is 30.7 Å². The fourth-order valence-electron chi connectivity index (χ4n) is 4.92. The quantitative estimate of drug-likeness (QED) is 0.575. The number of methoxy groups -OCH3 is 2. The Morgan fingerprint density at radius 3 is 2.76 bits per heavy atom. The molecule has 2 unspecified atom stereocenters. The number of hydrogen-bond acceptors (Lipinski definition) is 8. The topological polar surface area (TPSA) is 108 Å². The highest BCUT2D eigenvalue weighted by molar-refractivity contribution is 6.30. The van der Waals surface area contributed by atoms with Crippen molar-refractivity contribution in [3.63, 3.8) is 0 Å². The van der Waals surface area contributed by atoms with E-state index in [1.54, 1.807) is 20.3 Å². The van der Waals surface area contributed by atoms with Crippen LogP contribution in [-0.2, 0) is 30.3 Å². The minimum atomic E-state index is -1.01. The number of carboxylic acids is 1. The molecule has 37 heavy (non-hydrogen) atoms. The first-order valence-electron chi connectivity index (χ1n) is 12.1. The monoisotopic (exact) mass is 528 g/mol. The average Bonchev–Trinajstić information content (AvgIpc) is 3.11. The molecule has 1 N–H and O–H groups in total. The largest absolute Gasteiger partial charge is 0.493 e. The molecule has 0 bridgehead atoms. The van der Waals surface area contributed by atoms with Crippen molar-refractivity contribution in [1.29, 1.82) is 0 Å². The molecule has 0 radical (unpaired) electrons. The van der Waals surface area contributed by atoms with Crippen LogP contribution in [0.5, 0.6) is 0 Å². The number of aromatic nitrogens is 3. The number of fused-ring (bicyclic) bond motifs is 3. The molecule has 1 saturated heterocycles. The molecular weight excluding hydrogens is 500 g/mol. The van der Waals surface area contributed by atoms with Crippen LogP contribution < -0.4 is 0 Å². The Morgan fingerprint density at radius 2 is 2.03 bits per heavy atom. The van der Waals surface area contributed by atoms with Gasteiger partial charge in [-0.2, -0.15) is 0 Å². The summed E-state index contributed by atoms with van der Waals surface area (Å²) in [6, 6.07) is 5.53. The molecule has 10 nitrogen and oxygen atoms in total. The maximum atomic E-state index is 11.9. The normalized spacial score (nSPS) is 22.0. The number of carboxylic acid groups (broad SMARTS) is 1. The van der Waals surface area contributed by atoms with E-state index in [1.165, 1.54) is 0 Å². The summed E-state index contributed by atoms with van der Waals surface area (Å²) in [6.45, 7) is 3.37. The molecule has 1 fully saturated rings. The van der Waals surface area contributed by atoms with Crippen LogP contribution in [-0.4, -0.2) is 71.3 Å². The highest BCUT2D eigenvalue weighted by Crippen LogP contribution is 2.44. The van der Waals surface area contributed by atoms with Crippen LogP contribution in [0.3, 0.4) is 0 Å². The summed E-state index contributed by atoms with van der Waals surface area (Å²) in [5.74, 6) is 1.19. The number of aliphatic carboxylic acids is 1. The van der Waals surface area contributed by atoms with Crippen LogP contribution in [0.15, 0.2) is 53.5 Å².